The Morgan fingerprint density at radius 3 is 3.06 bits per heavy atom. The molecule has 0 aliphatic rings. The van der Waals surface area contributed by atoms with Gasteiger partial charge in [0.05, 0.1) is 18.7 Å². The lowest BCUT2D eigenvalue weighted by atomic mass is 10.2. The number of aryl methyl sites for hydroxylation is 2. The van der Waals surface area contributed by atoms with Crippen molar-refractivity contribution >= 4 is 11.6 Å². The third kappa shape index (κ3) is 2.46. The van der Waals surface area contributed by atoms with Gasteiger partial charge in [0.25, 0.3) is 0 Å². The molecule has 0 N–H and O–H groups in total. The van der Waals surface area contributed by atoms with Crippen LogP contribution in [0, 0.1) is 6.92 Å². The molecule has 0 unspecified atom stereocenters. The van der Waals surface area contributed by atoms with E-state index in [0.29, 0.717) is 19.4 Å². The highest BCUT2D eigenvalue weighted by Crippen LogP contribution is 2.13. The van der Waals surface area contributed by atoms with Crippen LogP contribution in [0.2, 0.25) is 0 Å². The Morgan fingerprint density at radius 2 is 2.29 bits per heavy atom. The van der Waals surface area contributed by atoms with Crippen LogP contribution < -0.4 is 0 Å². The third-order valence-electron chi connectivity index (χ3n) is 2.70. The minimum absolute atomic E-state index is 0.155. The first-order valence-electron chi connectivity index (χ1n) is 5.80. The quantitative estimate of drug-likeness (QED) is 0.758. The number of imidazole rings is 1. The fraction of sp³-hybridized carbons (Fsp3) is 0.385. The van der Waals surface area contributed by atoms with Crippen molar-refractivity contribution < 1.29 is 9.53 Å². The van der Waals surface area contributed by atoms with Crippen LogP contribution in [0.4, 0.5) is 0 Å². The van der Waals surface area contributed by atoms with Crippen molar-refractivity contribution in [3.8, 4) is 0 Å². The van der Waals surface area contributed by atoms with Gasteiger partial charge in [0.2, 0.25) is 0 Å². The van der Waals surface area contributed by atoms with Crippen LogP contribution >= 0.6 is 0 Å². The second-order valence-electron chi connectivity index (χ2n) is 3.88. The highest BCUT2D eigenvalue weighted by molar-refractivity contribution is 5.69. The number of hydrogen-bond donors (Lipinski definition) is 0. The van der Waals surface area contributed by atoms with Crippen LogP contribution in [-0.4, -0.2) is 22.0 Å². The summed E-state index contributed by atoms with van der Waals surface area (Å²) in [7, 11) is 0. The Bertz CT molecular complexity index is 531. The van der Waals surface area contributed by atoms with E-state index >= 15 is 0 Å². The Balaban J connectivity index is 2.18. The summed E-state index contributed by atoms with van der Waals surface area (Å²) in [5.74, 6) is -0.155. The van der Waals surface area contributed by atoms with Crippen molar-refractivity contribution in [2.45, 2.75) is 26.7 Å². The minimum Gasteiger partial charge on any atom is -0.466 e. The number of carbonyl (C=O) groups is 1. The van der Waals surface area contributed by atoms with E-state index in [-0.39, 0.29) is 5.97 Å². The number of fused-ring (bicyclic) bond motifs is 1. The lowest BCUT2D eigenvalue weighted by molar-refractivity contribution is -0.143. The van der Waals surface area contributed by atoms with E-state index in [0.717, 1.165) is 17.0 Å². The number of carbonyl (C=O) groups excluding carboxylic acids is 1. The van der Waals surface area contributed by atoms with Crippen molar-refractivity contribution in [2.24, 2.45) is 0 Å². The van der Waals surface area contributed by atoms with Gasteiger partial charge >= 0.3 is 5.97 Å². The molecule has 0 aliphatic carbocycles. The van der Waals surface area contributed by atoms with E-state index in [1.54, 1.807) is 0 Å². The zero-order valence-corrected chi connectivity index (χ0v) is 10.1. The van der Waals surface area contributed by atoms with Gasteiger partial charge in [-0.05, 0) is 26.0 Å². The van der Waals surface area contributed by atoms with Crippen molar-refractivity contribution in [3.63, 3.8) is 0 Å². The molecule has 0 aromatic carbocycles. The smallest absolute Gasteiger partial charge is 0.306 e. The molecule has 2 rings (SSSR count). The fourth-order valence-electron chi connectivity index (χ4n) is 1.92. The van der Waals surface area contributed by atoms with E-state index in [1.807, 2.05) is 42.6 Å². The maximum Gasteiger partial charge on any atom is 0.306 e. The average Bonchev–Trinajstić information content (AvgIpc) is 2.62. The first kappa shape index (κ1) is 11.6. The summed E-state index contributed by atoms with van der Waals surface area (Å²) >= 11 is 0. The molecule has 2 heterocycles. The maximum absolute atomic E-state index is 11.3. The standard InChI is InChI=1S/C13H16N2O2/c1-3-17-13(16)8-7-11-10(2)14-12-6-4-5-9-15(11)12/h4-6,9H,3,7-8H2,1-2H3. The summed E-state index contributed by atoms with van der Waals surface area (Å²) in [5, 5.41) is 0. The number of ether oxygens (including phenoxy) is 1. The first-order chi connectivity index (χ1) is 8.22. The Kier molecular flexibility index (Phi) is 3.42. The molecular formula is C13H16N2O2. The molecule has 4 heteroatoms. The van der Waals surface area contributed by atoms with Gasteiger partial charge in [0, 0.05) is 18.3 Å². The molecule has 4 nitrogen and oxygen atoms in total. The second-order valence-corrected chi connectivity index (χ2v) is 3.88. The van der Waals surface area contributed by atoms with Crippen LogP contribution in [0.1, 0.15) is 24.7 Å². The molecular weight excluding hydrogens is 216 g/mol. The van der Waals surface area contributed by atoms with Crippen LogP contribution in [0.3, 0.4) is 0 Å². The highest BCUT2D eigenvalue weighted by Gasteiger charge is 2.10. The molecule has 0 spiro atoms. The van der Waals surface area contributed by atoms with Gasteiger partial charge in [-0.1, -0.05) is 6.07 Å². The Hall–Kier alpha value is -1.84. The molecule has 2 aromatic heterocycles. The Morgan fingerprint density at radius 1 is 1.47 bits per heavy atom. The normalized spacial score (nSPS) is 10.7. The van der Waals surface area contributed by atoms with Crippen LogP contribution in [0.5, 0.6) is 0 Å². The summed E-state index contributed by atoms with van der Waals surface area (Å²) in [6, 6.07) is 5.87. The predicted molar refractivity (Wildman–Crippen MR) is 64.9 cm³/mol. The number of esters is 1. The molecule has 0 aliphatic heterocycles. The van der Waals surface area contributed by atoms with Crippen LogP contribution in [0.15, 0.2) is 24.4 Å². The molecule has 0 fully saturated rings. The lowest BCUT2D eigenvalue weighted by Gasteiger charge is -2.03. The molecule has 0 atom stereocenters. The number of nitrogens with zero attached hydrogens (tertiary/aromatic N) is 2. The largest absolute Gasteiger partial charge is 0.466 e. The summed E-state index contributed by atoms with van der Waals surface area (Å²) in [4.78, 5) is 15.8. The topological polar surface area (TPSA) is 43.6 Å². The van der Waals surface area contributed by atoms with Crippen molar-refractivity contribution in [2.75, 3.05) is 6.61 Å². The molecule has 17 heavy (non-hydrogen) atoms. The van der Waals surface area contributed by atoms with Crippen LogP contribution in [0.25, 0.3) is 5.65 Å². The van der Waals surface area contributed by atoms with E-state index in [9.17, 15) is 4.79 Å². The summed E-state index contributed by atoms with van der Waals surface area (Å²) in [5.41, 5.74) is 2.97. The SMILES string of the molecule is CCOC(=O)CCc1c(C)nc2ccccn12. The third-order valence-corrected chi connectivity index (χ3v) is 2.70. The summed E-state index contributed by atoms with van der Waals surface area (Å²) in [6.45, 7) is 4.22. The van der Waals surface area contributed by atoms with Gasteiger partial charge in [0.1, 0.15) is 5.65 Å². The molecule has 0 saturated heterocycles. The van der Waals surface area contributed by atoms with Gasteiger partial charge in [-0.15, -0.1) is 0 Å². The number of rotatable bonds is 4. The van der Waals surface area contributed by atoms with E-state index < -0.39 is 0 Å². The molecule has 0 bridgehead atoms. The molecule has 0 saturated carbocycles. The zero-order valence-electron chi connectivity index (χ0n) is 10.1. The van der Waals surface area contributed by atoms with Crippen molar-refractivity contribution in [1.29, 1.82) is 0 Å². The van der Waals surface area contributed by atoms with Gasteiger partial charge in [-0.2, -0.15) is 0 Å². The average molecular weight is 232 g/mol. The monoisotopic (exact) mass is 232 g/mol. The van der Waals surface area contributed by atoms with E-state index in [2.05, 4.69) is 4.98 Å². The predicted octanol–water partition coefficient (Wildman–Crippen LogP) is 2.14. The minimum atomic E-state index is -0.155. The van der Waals surface area contributed by atoms with Crippen molar-refractivity contribution in [3.05, 3.63) is 35.8 Å². The summed E-state index contributed by atoms with van der Waals surface area (Å²) < 4.78 is 6.95. The molecule has 2 aromatic rings. The summed E-state index contributed by atoms with van der Waals surface area (Å²) in [6.07, 6.45) is 3.03. The van der Waals surface area contributed by atoms with E-state index in [1.165, 1.54) is 0 Å². The first-order valence-corrected chi connectivity index (χ1v) is 5.80. The van der Waals surface area contributed by atoms with Crippen molar-refractivity contribution in [1.82, 2.24) is 9.38 Å². The zero-order chi connectivity index (χ0) is 12.3. The number of hydrogen-bond acceptors (Lipinski definition) is 3. The van der Waals surface area contributed by atoms with Gasteiger partial charge in [-0.3, -0.25) is 4.79 Å². The van der Waals surface area contributed by atoms with Gasteiger partial charge in [0.15, 0.2) is 0 Å². The fourth-order valence-corrected chi connectivity index (χ4v) is 1.92. The van der Waals surface area contributed by atoms with E-state index in [4.69, 9.17) is 4.74 Å². The van der Waals surface area contributed by atoms with Gasteiger partial charge < -0.3 is 9.14 Å². The highest BCUT2D eigenvalue weighted by atomic mass is 16.5. The number of pyridine rings is 1. The lowest BCUT2D eigenvalue weighted by Crippen LogP contribution is -2.06. The molecule has 0 radical (unpaired) electrons. The number of aromatic nitrogens is 2. The molecule has 0 amide bonds. The molecule has 90 valence electrons. The Labute approximate surface area is 100 Å². The maximum atomic E-state index is 11.3. The van der Waals surface area contributed by atoms with Gasteiger partial charge in [-0.25, -0.2) is 4.98 Å². The second kappa shape index (κ2) is 4.99. The van der Waals surface area contributed by atoms with Crippen LogP contribution in [-0.2, 0) is 16.0 Å².